The van der Waals surface area contributed by atoms with Crippen molar-refractivity contribution in [2.45, 2.75) is 36.7 Å². The molecule has 2 aliphatic rings. The van der Waals surface area contributed by atoms with Crippen LogP contribution in [0.3, 0.4) is 0 Å². The van der Waals surface area contributed by atoms with Crippen LogP contribution in [0.2, 0.25) is 0 Å². The molecule has 0 amide bonds. The molecular formula is C27H32N6O2S. The summed E-state index contributed by atoms with van der Waals surface area (Å²) in [6.45, 7) is 3.58. The van der Waals surface area contributed by atoms with E-state index in [1.165, 1.54) is 11.3 Å². The molecule has 1 atom stereocenters. The Hall–Kier alpha value is -3.19. The smallest absolute Gasteiger partial charge is 0.243 e. The fourth-order valence-corrected chi connectivity index (χ4v) is 6.76. The lowest BCUT2D eigenvalue weighted by atomic mass is 9.94. The first-order valence-corrected chi connectivity index (χ1v) is 13.9. The fourth-order valence-electron chi connectivity index (χ4n) is 5.27. The van der Waals surface area contributed by atoms with E-state index < -0.39 is 10.0 Å². The zero-order valence-electron chi connectivity index (χ0n) is 20.5. The molecule has 1 saturated heterocycles. The molecule has 0 aliphatic carbocycles. The maximum absolute atomic E-state index is 12.9. The normalized spacial score (nSPS) is 19.1. The molecule has 0 saturated carbocycles. The average Bonchev–Trinajstić information content (AvgIpc) is 3.31. The summed E-state index contributed by atoms with van der Waals surface area (Å²) in [6, 6.07) is 17.2. The number of imidazole rings is 1. The quantitative estimate of drug-likeness (QED) is 0.532. The number of nitriles is 1. The Labute approximate surface area is 213 Å². The van der Waals surface area contributed by atoms with E-state index >= 15 is 0 Å². The number of aromatic nitrogens is 2. The van der Waals surface area contributed by atoms with Crippen molar-refractivity contribution in [3.8, 4) is 6.07 Å². The third-order valence-corrected chi connectivity index (χ3v) is 9.29. The van der Waals surface area contributed by atoms with E-state index in [4.69, 9.17) is 0 Å². The van der Waals surface area contributed by atoms with Crippen molar-refractivity contribution in [2.75, 3.05) is 31.1 Å². The van der Waals surface area contributed by atoms with Crippen molar-refractivity contribution in [1.82, 2.24) is 19.2 Å². The van der Waals surface area contributed by atoms with Gasteiger partial charge in [-0.3, -0.25) is 0 Å². The Balaban J connectivity index is 1.21. The van der Waals surface area contributed by atoms with E-state index in [1.54, 1.807) is 28.6 Å². The van der Waals surface area contributed by atoms with Crippen LogP contribution in [-0.2, 0) is 30.0 Å². The van der Waals surface area contributed by atoms with Crippen LogP contribution in [0.5, 0.6) is 0 Å². The number of rotatable bonds is 7. The van der Waals surface area contributed by atoms with E-state index in [-0.39, 0.29) is 6.04 Å². The molecule has 2 aromatic carbocycles. The molecule has 0 radical (unpaired) electrons. The minimum Gasteiger partial charge on any atom is -0.364 e. The number of sulfonamides is 1. The molecule has 1 aromatic heterocycles. The SMILES string of the molecule is Cn1cncc1CN1CC(NCC2CCN(S(=O)(=O)c3ccccc3)CC2)Cc2cc(C#N)ccc21. The van der Waals surface area contributed by atoms with Crippen LogP contribution in [-0.4, -0.2) is 54.5 Å². The zero-order valence-corrected chi connectivity index (χ0v) is 21.4. The number of benzene rings is 2. The van der Waals surface area contributed by atoms with Gasteiger partial charge in [-0.05, 0) is 67.6 Å². The summed E-state index contributed by atoms with van der Waals surface area (Å²) < 4.78 is 29.5. The Morgan fingerprint density at radius 1 is 1.14 bits per heavy atom. The van der Waals surface area contributed by atoms with Crippen LogP contribution < -0.4 is 10.2 Å². The van der Waals surface area contributed by atoms with Crippen LogP contribution in [0.1, 0.15) is 29.7 Å². The average molecular weight is 505 g/mol. The second-order valence-electron chi connectivity index (χ2n) is 9.80. The van der Waals surface area contributed by atoms with Gasteiger partial charge in [-0.1, -0.05) is 18.2 Å². The maximum atomic E-state index is 12.9. The van der Waals surface area contributed by atoms with Crippen molar-refractivity contribution in [2.24, 2.45) is 13.0 Å². The minimum atomic E-state index is -3.42. The van der Waals surface area contributed by atoms with Gasteiger partial charge in [0, 0.05) is 44.6 Å². The van der Waals surface area contributed by atoms with Gasteiger partial charge in [0.25, 0.3) is 0 Å². The molecule has 1 N–H and O–H groups in total. The maximum Gasteiger partial charge on any atom is 0.243 e. The standard InChI is InChI=1S/C27H32N6O2S/c1-31-20-29-17-25(31)19-32-18-24(14-23-13-22(15-28)7-8-27(23)32)30-16-21-9-11-33(12-10-21)36(34,35)26-5-3-2-4-6-26/h2-8,13,17,20-21,24,30H,9-12,14,16,18-19H2,1H3. The highest BCUT2D eigenvalue weighted by Gasteiger charge is 2.30. The van der Waals surface area contributed by atoms with E-state index in [0.717, 1.165) is 44.6 Å². The molecule has 9 heteroatoms. The molecule has 5 rings (SSSR count). The summed E-state index contributed by atoms with van der Waals surface area (Å²) in [5, 5.41) is 13.2. The van der Waals surface area contributed by atoms with E-state index in [0.29, 0.717) is 29.5 Å². The van der Waals surface area contributed by atoms with E-state index in [9.17, 15) is 13.7 Å². The van der Waals surface area contributed by atoms with Gasteiger partial charge in [-0.25, -0.2) is 13.4 Å². The van der Waals surface area contributed by atoms with Gasteiger partial charge < -0.3 is 14.8 Å². The second kappa shape index (κ2) is 10.4. The molecule has 2 aliphatic heterocycles. The predicted molar refractivity (Wildman–Crippen MR) is 139 cm³/mol. The van der Waals surface area contributed by atoms with Crippen molar-refractivity contribution >= 4 is 15.7 Å². The summed E-state index contributed by atoms with van der Waals surface area (Å²) in [6.07, 6.45) is 6.28. The lowest BCUT2D eigenvalue weighted by Crippen LogP contribution is -2.48. The summed E-state index contributed by atoms with van der Waals surface area (Å²) in [7, 11) is -1.42. The molecule has 8 nitrogen and oxygen atoms in total. The van der Waals surface area contributed by atoms with Crippen molar-refractivity contribution in [3.05, 3.63) is 77.9 Å². The lowest BCUT2D eigenvalue weighted by Gasteiger charge is -2.38. The summed E-state index contributed by atoms with van der Waals surface area (Å²) in [5.41, 5.74) is 4.18. The molecule has 1 unspecified atom stereocenters. The zero-order chi connectivity index (χ0) is 25.1. The lowest BCUT2D eigenvalue weighted by molar-refractivity contribution is 0.260. The van der Waals surface area contributed by atoms with Gasteiger partial charge in [0.05, 0.1) is 35.1 Å². The Kier molecular flexibility index (Phi) is 7.10. The van der Waals surface area contributed by atoms with Gasteiger partial charge in [0.1, 0.15) is 0 Å². The fraction of sp³-hybridized carbons (Fsp3) is 0.407. The number of anilines is 1. The van der Waals surface area contributed by atoms with Crippen LogP contribution >= 0.6 is 0 Å². The molecule has 0 bridgehead atoms. The predicted octanol–water partition coefficient (Wildman–Crippen LogP) is 2.91. The first kappa shape index (κ1) is 24.5. The Morgan fingerprint density at radius 2 is 1.92 bits per heavy atom. The Bertz CT molecular complexity index is 1340. The number of nitrogens with one attached hydrogen (secondary N) is 1. The highest BCUT2D eigenvalue weighted by atomic mass is 32.2. The van der Waals surface area contributed by atoms with Gasteiger partial charge >= 0.3 is 0 Å². The van der Waals surface area contributed by atoms with Gasteiger partial charge in [-0.2, -0.15) is 9.57 Å². The molecule has 1 fully saturated rings. The molecule has 36 heavy (non-hydrogen) atoms. The third kappa shape index (κ3) is 5.16. The number of piperidine rings is 1. The first-order valence-electron chi connectivity index (χ1n) is 12.5. The number of nitrogens with zero attached hydrogens (tertiary/aromatic N) is 5. The van der Waals surface area contributed by atoms with E-state index in [2.05, 4.69) is 27.3 Å². The third-order valence-electron chi connectivity index (χ3n) is 7.38. The van der Waals surface area contributed by atoms with Gasteiger partial charge in [0.15, 0.2) is 0 Å². The summed E-state index contributed by atoms with van der Waals surface area (Å²) in [4.78, 5) is 6.99. The molecule has 188 valence electrons. The number of fused-ring (bicyclic) bond motifs is 1. The second-order valence-corrected chi connectivity index (χ2v) is 11.7. The molecule has 3 aromatic rings. The Morgan fingerprint density at radius 3 is 2.61 bits per heavy atom. The van der Waals surface area contributed by atoms with Gasteiger partial charge in [-0.15, -0.1) is 0 Å². The van der Waals surface area contributed by atoms with Crippen molar-refractivity contribution in [1.29, 1.82) is 5.26 Å². The van der Waals surface area contributed by atoms with Crippen LogP contribution in [0, 0.1) is 17.2 Å². The van der Waals surface area contributed by atoms with Crippen molar-refractivity contribution in [3.63, 3.8) is 0 Å². The van der Waals surface area contributed by atoms with Crippen LogP contribution in [0.4, 0.5) is 5.69 Å². The highest BCUT2D eigenvalue weighted by Crippen LogP contribution is 2.30. The highest BCUT2D eigenvalue weighted by molar-refractivity contribution is 7.89. The largest absolute Gasteiger partial charge is 0.364 e. The van der Waals surface area contributed by atoms with Gasteiger partial charge in [0.2, 0.25) is 10.0 Å². The summed E-state index contributed by atoms with van der Waals surface area (Å²) >= 11 is 0. The number of hydrogen-bond donors (Lipinski definition) is 1. The van der Waals surface area contributed by atoms with Crippen LogP contribution in [0.15, 0.2) is 66.0 Å². The molecule has 3 heterocycles. The first-order chi connectivity index (χ1) is 17.4. The van der Waals surface area contributed by atoms with Crippen LogP contribution in [0.25, 0.3) is 0 Å². The topological polar surface area (TPSA) is 94.3 Å². The molecular weight excluding hydrogens is 472 g/mol. The summed E-state index contributed by atoms with van der Waals surface area (Å²) in [5.74, 6) is 0.435. The minimum absolute atomic E-state index is 0.255. The number of aryl methyl sites for hydroxylation is 1. The number of hydrogen-bond acceptors (Lipinski definition) is 6. The van der Waals surface area contributed by atoms with E-state index in [1.807, 2.05) is 42.3 Å². The van der Waals surface area contributed by atoms with Crippen molar-refractivity contribution < 1.29 is 8.42 Å². The molecule has 0 spiro atoms. The monoisotopic (exact) mass is 504 g/mol.